The molecule has 0 fully saturated rings. The van der Waals surface area contributed by atoms with Gasteiger partial charge in [-0.1, -0.05) is 145 Å². The number of fused-ring (bicyclic) bond motifs is 4. The molecule has 0 aliphatic heterocycles. The third kappa shape index (κ3) is 8.59. The standard InChI is InChI=1S/2C21H17.C2H6Si.2ClH.Ti/c2*1-2-15-11-18-9-5-6-10-20(18)21(12-15)19-13-16-7-3-4-8-17(16)14-19;1-3-2;;;/h2*3-14H,2H2,1H3;1-2H3;2*1H;/q2*-1;;;;+2/p-2. The smallest absolute Gasteiger partial charge is 1.00 e. The molecule has 0 atom stereocenters. The Labute approximate surface area is 310 Å². The molecule has 0 radical (unpaired) electrons. The Morgan fingerprint density at radius 2 is 0.812 bits per heavy atom. The maximum Gasteiger partial charge on any atom is -1.00 e. The van der Waals surface area contributed by atoms with E-state index >= 15 is 0 Å². The Kier molecular flexibility index (Phi) is 13.5. The molecule has 0 heterocycles. The van der Waals surface area contributed by atoms with E-state index in [0.29, 0.717) is 0 Å². The van der Waals surface area contributed by atoms with Gasteiger partial charge in [0.1, 0.15) is 0 Å². The van der Waals surface area contributed by atoms with Crippen molar-refractivity contribution in [1.29, 1.82) is 0 Å². The van der Waals surface area contributed by atoms with E-state index in [4.69, 9.17) is 0 Å². The van der Waals surface area contributed by atoms with Crippen LogP contribution in [0.1, 0.15) is 25.0 Å². The molecular formula is C44H40Cl2SiTi-2. The fraction of sp³-hybridized carbons (Fsp3) is 0.136. The number of halogens is 2. The van der Waals surface area contributed by atoms with Crippen LogP contribution in [0, 0.1) is 0 Å². The molecule has 8 aromatic rings. The molecule has 0 unspecified atom stereocenters. The summed E-state index contributed by atoms with van der Waals surface area (Å²) in [6, 6.07) is 53.0. The molecule has 0 nitrogen and oxygen atoms in total. The van der Waals surface area contributed by atoms with E-state index in [1.165, 1.54) is 76.5 Å². The largest absolute Gasteiger partial charge is 1.00 e. The van der Waals surface area contributed by atoms with Crippen molar-refractivity contribution in [3.8, 4) is 22.3 Å². The van der Waals surface area contributed by atoms with E-state index < -0.39 is 0 Å². The van der Waals surface area contributed by atoms with Gasteiger partial charge in [0.15, 0.2) is 0 Å². The zero-order chi connectivity index (χ0) is 32.0. The molecule has 0 amide bonds. The molecule has 0 aliphatic carbocycles. The average molecular weight is 716 g/mol. The van der Waals surface area contributed by atoms with E-state index in [-0.39, 0.29) is 31.0 Å². The van der Waals surface area contributed by atoms with Crippen molar-refractivity contribution in [2.45, 2.75) is 39.8 Å². The van der Waals surface area contributed by atoms with Gasteiger partial charge in [-0.2, -0.15) is 0 Å². The zero-order valence-corrected chi connectivity index (χ0v) is 32.1. The topological polar surface area (TPSA) is 0 Å². The molecule has 4 heteroatoms. The van der Waals surface area contributed by atoms with E-state index in [0.717, 1.165) is 12.8 Å². The molecule has 8 aromatic carbocycles. The van der Waals surface area contributed by atoms with Gasteiger partial charge in [-0.25, -0.2) is 0 Å². The van der Waals surface area contributed by atoms with Crippen LogP contribution in [0.5, 0.6) is 0 Å². The van der Waals surface area contributed by atoms with Gasteiger partial charge in [0, 0.05) is 0 Å². The Morgan fingerprint density at radius 1 is 0.479 bits per heavy atom. The molecular weight excluding hydrogens is 675 g/mol. The van der Waals surface area contributed by atoms with Crippen molar-refractivity contribution in [2.24, 2.45) is 0 Å². The molecule has 0 aliphatic rings. The second-order valence-electron chi connectivity index (χ2n) is 12.2. The number of aryl methyl sites for hydroxylation is 2. The first-order valence-electron chi connectivity index (χ1n) is 16.3. The minimum absolute atomic E-state index is 0. The Balaban J connectivity index is 0.000000188. The molecule has 0 saturated heterocycles. The fourth-order valence-corrected chi connectivity index (χ4v) is 6.24. The van der Waals surface area contributed by atoms with Crippen LogP contribution in [-0.2, 0) is 32.0 Å². The monoisotopic (exact) mass is 714 g/mol. The van der Waals surface area contributed by atoms with Crippen LogP contribution >= 0.6 is 0 Å². The summed E-state index contributed by atoms with van der Waals surface area (Å²) in [6.45, 7) is 8.97. The minimum Gasteiger partial charge on any atom is -1.00 e. The van der Waals surface area contributed by atoms with Crippen LogP contribution in [0.15, 0.2) is 146 Å². The van der Waals surface area contributed by atoms with Gasteiger partial charge in [0.05, 0.1) is 0 Å². The van der Waals surface area contributed by atoms with Gasteiger partial charge in [0.2, 0.25) is 0 Å². The second kappa shape index (κ2) is 17.3. The Hall–Kier alpha value is -3.43. The van der Waals surface area contributed by atoms with Gasteiger partial charge in [0.25, 0.3) is 0 Å². The van der Waals surface area contributed by atoms with Crippen LogP contribution < -0.4 is 24.8 Å². The van der Waals surface area contributed by atoms with Crippen LogP contribution in [0.2, 0.25) is 13.1 Å². The van der Waals surface area contributed by atoms with Crippen LogP contribution in [-0.4, -0.2) is 6.19 Å². The third-order valence-electron chi connectivity index (χ3n) is 8.52. The molecule has 0 bridgehead atoms. The normalized spacial score (nSPS) is 10.5. The van der Waals surface area contributed by atoms with Gasteiger partial charge >= 0.3 is 38.5 Å². The molecule has 0 spiro atoms. The van der Waals surface area contributed by atoms with Crippen molar-refractivity contribution in [3.05, 3.63) is 157 Å². The van der Waals surface area contributed by atoms with Crippen molar-refractivity contribution >= 4 is 49.3 Å². The minimum atomic E-state index is 0. The summed E-state index contributed by atoms with van der Waals surface area (Å²) >= 11 is 2.27. The first-order valence-corrected chi connectivity index (χ1v) is 21.1. The van der Waals surface area contributed by atoms with E-state index in [1.807, 2.05) is 0 Å². The Morgan fingerprint density at radius 3 is 1.17 bits per heavy atom. The van der Waals surface area contributed by atoms with Crippen molar-refractivity contribution in [3.63, 3.8) is 0 Å². The summed E-state index contributed by atoms with van der Waals surface area (Å²) in [4.78, 5) is 0. The average Bonchev–Trinajstić information content (AvgIpc) is 3.72. The fourth-order valence-electron chi connectivity index (χ4n) is 6.24. The van der Waals surface area contributed by atoms with Gasteiger partial charge in [-0.3, -0.25) is 0 Å². The van der Waals surface area contributed by atoms with Crippen LogP contribution in [0.3, 0.4) is 0 Å². The maximum atomic E-state index is 2.34. The summed E-state index contributed by atoms with van der Waals surface area (Å²) in [5, 5.41) is 10.6. The summed E-state index contributed by atoms with van der Waals surface area (Å²) in [5.74, 6) is 0. The number of benzene rings is 6. The van der Waals surface area contributed by atoms with E-state index in [9.17, 15) is 0 Å². The number of rotatable bonds is 4. The van der Waals surface area contributed by atoms with E-state index in [1.54, 1.807) is 0 Å². The first-order chi connectivity index (χ1) is 22.4. The first kappa shape index (κ1) is 37.4. The van der Waals surface area contributed by atoms with E-state index in [2.05, 4.69) is 192 Å². The zero-order valence-electron chi connectivity index (χ0n) is 28.0. The molecule has 0 aromatic heterocycles. The summed E-state index contributed by atoms with van der Waals surface area (Å²) in [5.41, 5.74) is 8.13. The second-order valence-corrected chi connectivity index (χ2v) is 18.9. The third-order valence-corrected chi connectivity index (χ3v) is 8.52. The predicted molar refractivity (Wildman–Crippen MR) is 201 cm³/mol. The maximum absolute atomic E-state index is 2.34. The molecule has 240 valence electrons. The summed E-state index contributed by atoms with van der Waals surface area (Å²) in [7, 11) is 0. The molecule has 0 N–H and O–H groups in total. The van der Waals surface area contributed by atoms with Crippen LogP contribution in [0.25, 0.3) is 65.3 Å². The molecule has 8 rings (SSSR count). The number of hydrogen-bond acceptors (Lipinski definition) is 0. The van der Waals surface area contributed by atoms with Gasteiger partial charge < -0.3 is 24.8 Å². The predicted octanol–water partition coefficient (Wildman–Crippen LogP) is 6.67. The molecule has 48 heavy (non-hydrogen) atoms. The number of hydrogen-bond donors (Lipinski definition) is 0. The molecule has 0 saturated carbocycles. The summed E-state index contributed by atoms with van der Waals surface area (Å²) < 4.78 is 0. The van der Waals surface area contributed by atoms with Crippen LogP contribution in [0.4, 0.5) is 0 Å². The Bertz CT molecular complexity index is 2060. The van der Waals surface area contributed by atoms with Crippen molar-refractivity contribution in [1.82, 2.24) is 0 Å². The summed E-state index contributed by atoms with van der Waals surface area (Å²) in [6.07, 6.45) is 2.26. The van der Waals surface area contributed by atoms with Gasteiger partial charge in [-0.15, -0.1) is 69.1 Å². The van der Waals surface area contributed by atoms with Crippen molar-refractivity contribution in [2.75, 3.05) is 0 Å². The van der Waals surface area contributed by atoms with Gasteiger partial charge in [-0.05, 0) is 34.4 Å². The SMILES string of the molecule is CCc1cc(-c2cc3ccccc3[cH-]2)c2ccccc2c1.CCc1cc(-c2cc3ccccc3[cH-]2)c2ccccc2c1.C[Si](C)=[Ti+2].[Cl-].[Cl-]. The van der Waals surface area contributed by atoms with Crippen molar-refractivity contribution < 1.29 is 44.0 Å². The quantitative estimate of drug-likeness (QED) is 0.141.